The number of nitrogens with zero attached hydrogens (tertiary/aromatic N) is 1. The normalized spacial score (nSPS) is 10.9. The van der Waals surface area contributed by atoms with E-state index in [0.717, 1.165) is 13.2 Å². The van der Waals surface area contributed by atoms with E-state index in [1.165, 1.54) is 6.07 Å². The molecule has 0 unspecified atom stereocenters. The number of ether oxygens (including phenoxy) is 1. The van der Waals surface area contributed by atoms with Crippen molar-refractivity contribution in [2.75, 3.05) is 7.11 Å². The Kier molecular flexibility index (Phi) is 4.35. The van der Waals surface area contributed by atoms with Gasteiger partial charge in [-0.1, -0.05) is 15.9 Å². The van der Waals surface area contributed by atoms with E-state index in [1.54, 1.807) is 6.07 Å². The van der Waals surface area contributed by atoms with Crippen LogP contribution in [-0.4, -0.2) is 13.1 Å². The Bertz CT molecular complexity index is 520. The van der Waals surface area contributed by atoms with Crippen molar-refractivity contribution < 1.29 is 22.7 Å². The first-order valence-electron chi connectivity index (χ1n) is 4.63. The number of hydrogen-bond acceptors (Lipinski definition) is 3. The van der Waals surface area contributed by atoms with Crippen LogP contribution < -0.4 is 0 Å². The SMILES string of the molecule is COC(=O)c1c(C#N)cc(CBr)cc1C(F)(F)F. The first kappa shape index (κ1) is 14.5. The molecule has 0 aliphatic carbocycles. The Morgan fingerprint density at radius 1 is 1.50 bits per heavy atom. The van der Waals surface area contributed by atoms with Gasteiger partial charge >= 0.3 is 12.1 Å². The van der Waals surface area contributed by atoms with Crippen molar-refractivity contribution in [1.82, 2.24) is 0 Å². The molecule has 3 nitrogen and oxygen atoms in total. The van der Waals surface area contributed by atoms with Crippen LogP contribution in [0.4, 0.5) is 13.2 Å². The summed E-state index contributed by atoms with van der Waals surface area (Å²) in [6.07, 6.45) is -4.73. The van der Waals surface area contributed by atoms with E-state index in [9.17, 15) is 18.0 Å². The monoisotopic (exact) mass is 321 g/mol. The highest BCUT2D eigenvalue weighted by Gasteiger charge is 2.37. The highest BCUT2D eigenvalue weighted by molar-refractivity contribution is 9.08. The van der Waals surface area contributed by atoms with Crippen molar-refractivity contribution >= 4 is 21.9 Å². The molecule has 0 saturated carbocycles. The summed E-state index contributed by atoms with van der Waals surface area (Å²) >= 11 is 3.01. The number of nitriles is 1. The van der Waals surface area contributed by atoms with Crippen molar-refractivity contribution in [3.63, 3.8) is 0 Å². The molecular formula is C11H7BrF3NO2. The number of benzene rings is 1. The van der Waals surface area contributed by atoms with Gasteiger partial charge in [-0.3, -0.25) is 0 Å². The third-order valence-electron chi connectivity index (χ3n) is 2.17. The second-order valence-electron chi connectivity index (χ2n) is 3.30. The molecule has 96 valence electrons. The highest BCUT2D eigenvalue weighted by atomic mass is 79.9. The molecule has 1 aromatic rings. The molecule has 0 radical (unpaired) electrons. The number of rotatable bonds is 2. The van der Waals surface area contributed by atoms with Gasteiger partial charge in [-0.15, -0.1) is 0 Å². The van der Waals surface area contributed by atoms with Gasteiger partial charge in [0.1, 0.15) is 6.07 Å². The third-order valence-corrected chi connectivity index (χ3v) is 2.82. The minimum absolute atomic E-state index is 0.145. The fourth-order valence-electron chi connectivity index (χ4n) is 1.41. The molecule has 0 N–H and O–H groups in total. The van der Waals surface area contributed by atoms with Crippen molar-refractivity contribution in [3.05, 3.63) is 34.4 Å². The maximum absolute atomic E-state index is 12.8. The molecule has 0 amide bonds. The molecule has 1 aromatic carbocycles. The fraction of sp³-hybridized carbons (Fsp3) is 0.273. The van der Waals surface area contributed by atoms with Crippen LogP contribution in [0.15, 0.2) is 12.1 Å². The fourth-order valence-corrected chi connectivity index (χ4v) is 1.74. The van der Waals surface area contributed by atoms with E-state index in [-0.39, 0.29) is 16.5 Å². The molecule has 0 bridgehead atoms. The zero-order valence-electron chi connectivity index (χ0n) is 9.14. The topological polar surface area (TPSA) is 50.1 Å². The second kappa shape index (κ2) is 5.40. The summed E-state index contributed by atoms with van der Waals surface area (Å²) < 4.78 is 42.8. The van der Waals surface area contributed by atoms with Gasteiger partial charge in [0.25, 0.3) is 0 Å². The van der Waals surface area contributed by atoms with E-state index >= 15 is 0 Å². The molecule has 0 atom stereocenters. The quantitative estimate of drug-likeness (QED) is 0.620. The van der Waals surface area contributed by atoms with E-state index in [1.807, 2.05) is 0 Å². The number of esters is 1. The summed E-state index contributed by atoms with van der Waals surface area (Å²) in [5, 5.41) is 8.98. The lowest BCUT2D eigenvalue weighted by Crippen LogP contribution is -2.16. The second-order valence-corrected chi connectivity index (χ2v) is 3.86. The Morgan fingerprint density at radius 3 is 2.50 bits per heavy atom. The number of alkyl halides is 4. The molecule has 0 spiro atoms. The van der Waals surface area contributed by atoms with Crippen LogP contribution in [0.2, 0.25) is 0 Å². The number of carbonyl (C=O) groups excluding carboxylic acids is 1. The van der Waals surface area contributed by atoms with E-state index in [2.05, 4.69) is 20.7 Å². The summed E-state index contributed by atoms with van der Waals surface area (Å²) in [6, 6.07) is 3.62. The van der Waals surface area contributed by atoms with Crippen LogP contribution in [-0.2, 0) is 16.2 Å². The first-order valence-corrected chi connectivity index (χ1v) is 5.75. The van der Waals surface area contributed by atoms with E-state index in [4.69, 9.17) is 5.26 Å². The van der Waals surface area contributed by atoms with Crippen molar-refractivity contribution in [2.24, 2.45) is 0 Å². The summed E-state index contributed by atoms with van der Waals surface area (Å²) in [5.41, 5.74) is -2.02. The lowest BCUT2D eigenvalue weighted by atomic mass is 9.98. The van der Waals surface area contributed by atoms with Gasteiger partial charge in [-0.25, -0.2) is 4.79 Å². The van der Waals surface area contributed by atoms with Crippen molar-refractivity contribution in [2.45, 2.75) is 11.5 Å². The van der Waals surface area contributed by atoms with E-state index < -0.39 is 23.3 Å². The van der Waals surface area contributed by atoms with Crippen LogP contribution in [0.5, 0.6) is 0 Å². The van der Waals surface area contributed by atoms with Gasteiger partial charge in [0.2, 0.25) is 0 Å². The van der Waals surface area contributed by atoms with Crippen LogP contribution in [0.25, 0.3) is 0 Å². The highest BCUT2D eigenvalue weighted by Crippen LogP contribution is 2.35. The maximum atomic E-state index is 12.8. The average Bonchev–Trinajstić information content (AvgIpc) is 2.34. The van der Waals surface area contributed by atoms with Crippen LogP contribution in [0.1, 0.15) is 27.0 Å². The zero-order chi connectivity index (χ0) is 13.9. The average molecular weight is 322 g/mol. The van der Waals surface area contributed by atoms with Crippen LogP contribution in [0, 0.1) is 11.3 Å². The van der Waals surface area contributed by atoms with Gasteiger partial charge in [-0.05, 0) is 17.7 Å². The Morgan fingerprint density at radius 2 is 2.11 bits per heavy atom. The van der Waals surface area contributed by atoms with Gasteiger partial charge in [0.15, 0.2) is 0 Å². The molecule has 0 heterocycles. The largest absolute Gasteiger partial charge is 0.465 e. The van der Waals surface area contributed by atoms with Crippen LogP contribution >= 0.6 is 15.9 Å². The van der Waals surface area contributed by atoms with Crippen molar-refractivity contribution in [3.8, 4) is 6.07 Å². The number of methoxy groups -OCH3 is 1. The minimum Gasteiger partial charge on any atom is -0.465 e. The molecule has 0 aromatic heterocycles. The molecule has 0 fully saturated rings. The summed E-state index contributed by atoms with van der Waals surface area (Å²) in [6.45, 7) is 0. The predicted molar refractivity (Wildman–Crippen MR) is 60.1 cm³/mol. The summed E-state index contributed by atoms with van der Waals surface area (Å²) in [4.78, 5) is 11.4. The lowest BCUT2D eigenvalue weighted by molar-refractivity contribution is -0.138. The zero-order valence-corrected chi connectivity index (χ0v) is 10.7. The first-order chi connectivity index (χ1) is 8.35. The van der Waals surface area contributed by atoms with Gasteiger partial charge in [-0.2, -0.15) is 18.4 Å². The van der Waals surface area contributed by atoms with Crippen LogP contribution in [0.3, 0.4) is 0 Å². The summed E-state index contributed by atoms with van der Waals surface area (Å²) in [5.74, 6) is -1.18. The molecule has 7 heteroatoms. The molecule has 1 rings (SSSR count). The lowest BCUT2D eigenvalue weighted by Gasteiger charge is -2.14. The number of hydrogen-bond donors (Lipinski definition) is 0. The molecular weight excluding hydrogens is 315 g/mol. The van der Waals surface area contributed by atoms with Gasteiger partial charge < -0.3 is 4.74 Å². The van der Waals surface area contributed by atoms with Gasteiger partial charge in [0.05, 0.1) is 23.8 Å². The standard InChI is InChI=1S/C11H7BrF3NO2/c1-18-10(17)9-7(5-16)2-6(4-12)3-8(9)11(13,14)15/h2-3H,4H2,1H3. The molecule has 18 heavy (non-hydrogen) atoms. The Labute approximate surface area is 109 Å². The van der Waals surface area contributed by atoms with E-state index in [0.29, 0.717) is 0 Å². The molecule has 0 aliphatic heterocycles. The Hall–Kier alpha value is -1.55. The number of halogens is 4. The smallest absolute Gasteiger partial charge is 0.417 e. The molecule has 0 aliphatic rings. The van der Waals surface area contributed by atoms with Crippen molar-refractivity contribution in [1.29, 1.82) is 5.26 Å². The number of carbonyl (C=O) groups is 1. The van der Waals surface area contributed by atoms with Gasteiger partial charge in [0, 0.05) is 5.33 Å². The third kappa shape index (κ3) is 2.82. The Balaban J connectivity index is 3.64. The minimum atomic E-state index is -4.73. The summed E-state index contributed by atoms with van der Waals surface area (Å²) in [7, 11) is 0.960. The maximum Gasteiger partial charge on any atom is 0.417 e. The predicted octanol–water partition coefficient (Wildman–Crippen LogP) is 3.26. The molecule has 0 saturated heterocycles.